The van der Waals surface area contributed by atoms with Gasteiger partial charge < -0.3 is 13.3 Å². The Bertz CT molecular complexity index is 134. The van der Waals surface area contributed by atoms with Crippen LogP contribution in [0.25, 0.3) is 0 Å². The van der Waals surface area contributed by atoms with Crippen molar-refractivity contribution in [3.8, 4) is 0 Å². The van der Waals surface area contributed by atoms with E-state index in [1.807, 2.05) is 6.92 Å². The summed E-state index contributed by atoms with van der Waals surface area (Å²) in [4.78, 5) is 0. The van der Waals surface area contributed by atoms with Crippen LogP contribution < -0.4 is 0 Å². The lowest BCUT2D eigenvalue weighted by Gasteiger charge is -2.32. The fraction of sp³-hybridized carbons (Fsp3) is 1.00. The minimum absolute atomic E-state index is 0.679. The van der Waals surface area contributed by atoms with E-state index in [9.17, 15) is 0 Å². The summed E-state index contributed by atoms with van der Waals surface area (Å²) in [6.45, 7) is 4.24. The molecular weight excluding hydrogens is 204 g/mol. The molecule has 1 rings (SSSR count). The maximum absolute atomic E-state index is 5.67. The second kappa shape index (κ2) is 6.03. The van der Waals surface area contributed by atoms with E-state index >= 15 is 0 Å². The summed E-state index contributed by atoms with van der Waals surface area (Å²) in [7, 11) is -2.25. The van der Waals surface area contributed by atoms with Crippen molar-refractivity contribution in [2.24, 2.45) is 0 Å². The standard InChI is InChI=1S/C8H18O3SSi/c1-2-9-13(8-4-7-12)10-5-3-6-11-13/h12H,2-8H2,1H3. The van der Waals surface area contributed by atoms with Crippen molar-refractivity contribution in [2.75, 3.05) is 25.6 Å². The van der Waals surface area contributed by atoms with Gasteiger partial charge >= 0.3 is 8.80 Å². The zero-order valence-corrected chi connectivity index (χ0v) is 10.0. The fourth-order valence-electron chi connectivity index (χ4n) is 1.37. The third-order valence-corrected chi connectivity index (χ3v) is 5.24. The lowest BCUT2D eigenvalue weighted by Crippen LogP contribution is -2.49. The zero-order chi connectivity index (χ0) is 9.57. The second-order valence-corrected chi connectivity index (χ2v) is 6.17. The third kappa shape index (κ3) is 3.59. The van der Waals surface area contributed by atoms with Crippen molar-refractivity contribution in [3.63, 3.8) is 0 Å². The van der Waals surface area contributed by atoms with Gasteiger partial charge in [-0.2, -0.15) is 12.6 Å². The van der Waals surface area contributed by atoms with Crippen LogP contribution in [0, 0.1) is 0 Å². The van der Waals surface area contributed by atoms with Crippen molar-refractivity contribution < 1.29 is 13.3 Å². The number of hydrogen-bond acceptors (Lipinski definition) is 4. The highest BCUT2D eigenvalue weighted by Gasteiger charge is 2.41. The summed E-state index contributed by atoms with van der Waals surface area (Å²) in [6, 6.07) is 0.907. The molecule has 78 valence electrons. The van der Waals surface area contributed by atoms with Crippen LogP contribution in [0.1, 0.15) is 19.8 Å². The first-order valence-electron chi connectivity index (χ1n) is 4.86. The Morgan fingerprint density at radius 2 is 2.08 bits per heavy atom. The van der Waals surface area contributed by atoms with E-state index in [2.05, 4.69) is 12.6 Å². The Morgan fingerprint density at radius 1 is 1.38 bits per heavy atom. The molecule has 0 spiro atoms. The minimum atomic E-state index is -2.25. The Labute approximate surface area is 86.5 Å². The van der Waals surface area contributed by atoms with E-state index in [0.717, 1.165) is 37.9 Å². The summed E-state index contributed by atoms with van der Waals surface area (Å²) in [5.74, 6) is 0.870. The van der Waals surface area contributed by atoms with Gasteiger partial charge in [0.25, 0.3) is 0 Å². The second-order valence-electron chi connectivity index (χ2n) is 2.99. The zero-order valence-electron chi connectivity index (χ0n) is 8.12. The van der Waals surface area contributed by atoms with Gasteiger partial charge in [-0.1, -0.05) is 0 Å². The molecule has 0 aromatic rings. The summed E-state index contributed by atoms with van der Waals surface area (Å²) in [5.41, 5.74) is 0. The molecule has 1 saturated heterocycles. The van der Waals surface area contributed by atoms with E-state index in [1.54, 1.807) is 0 Å². The molecule has 3 nitrogen and oxygen atoms in total. The average Bonchev–Trinajstić information content (AvgIpc) is 2.17. The van der Waals surface area contributed by atoms with Gasteiger partial charge in [0.1, 0.15) is 0 Å². The van der Waals surface area contributed by atoms with Gasteiger partial charge in [-0.05, 0) is 25.5 Å². The number of rotatable bonds is 5. The van der Waals surface area contributed by atoms with Crippen molar-refractivity contribution in [1.82, 2.24) is 0 Å². The van der Waals surface area contributed by atoms with E-state index in [0.29, 0.717) is 6.61 Å². The smallest absolute Gasteiger partial charge is 0.374 e. The monoisotopic (exact) mass is 222 g/mol. The molecule has 13 heavy (non-hydrogen) atoms. The van der Waals surface area contributed by atoms with Crippen molar-refractivity contribution in [2.45, 2.75) is 25.8 Å². The molecule has 0 bridgehead atoms. The molecule has 1 aliphatic rings. The van der Waals surface area contributed by atoms with Crippen LogP contribution in [0.2, 0.25) is 6.04 Å². The van der Waals surface area contributed by atoms with E-state index in [-0.39, 0.29) is 0 Å². The Kier molecular flexibility index (Phi) is 5.34. The molecule has 0 aliphatic carbocycles. The molecule has 0 radical (unpaired) electrons. The quantitative estimate of drug-likeness (QED) is 0.567. The normalized spacial score (nSPS) is 21.7. The highest BCUT2D eigenvalue weighted by Crippen LogP contribution is 2.21. The average molecular weight is 222 g/mol. The predicted octanol–water partition coefficient (Wildman–Crippen LogP) is 1.72. The maximum atomic E-state index is 5.67. The van der Waals surface area contributed by atoms with Crippen molar-refractivity contribution in [3.05, 3.63) is 0 Å². The topological polar surface area (TPSA) is 27.7 Å². The lowest BCUT2D eigenvalue weighted by molar-refractivity contribution is 0.0248. The number of thiol groups is 1. The van der Waals surface area contributed by atoms with Crippen LogP contribution in [-0.2, 0) is 13.3 Å². The summed E-state index contributed by atoms with van der Waals surface area (Å²) >= 11 is 4.18. The van der Waals surface area contributed by atoms with Gasteiger partial charge in [-0.25, -0.2) is 0 Å². The molecule has 1 heterocycles. The van der Waals surface area contributed by atoms with Crippen LogP contribution in [0.15, 0.2) is 0 Å². The van der Waals surface area contributed by atoms with Gasteiger partial charge in [0.2, 0.25) is 0 Å². The molecule has 0 atom stereocenters. The molecule has 0 saturated carbocycles. The molecule has 5 heteroatoms. The van der Waals surface area contributed by atoms with Gasteiger partial charge in [0.15, 0.2) is 0 Å². The van der Waals surface area contributed by atoms with Gasteiger partial charge in [-0.3, -0.25) is 0 Å². The Hall–Kier alpha value is 0.447. The SMILES string of the molecule is CCO[Si]1(CCCS)OCCCO1. The van der Waals surface area contributed by atoms with Crippen molar-refractivity contribution in [1.29, 1.82) is 0 Å². The first kappa shape index (κ1) is 11.5. The lowest BCUT2D eigenvalue weighted by atomic mass is 10.5. The highest BCUT2D eigenvalue weighted by molar-refractivity contribution is 7.80. The Balaban J connectivity index is 2.40. The van der Waals surface area contributed by atoms with Gasteiger partial charge in [-0.15, -0.1) is 0 Å². The third-order valence-electron chi connectivity index (χ3n) is 1.94. The molecule has 1 fully saturated rings. The first-order valence-corrected chi connectivity index (χ1v) is 7.42. The predicted molar refractivity (Wildman–Crippen MR) is 57.2 cm³/mol. The Morgan fingerprint density at radius 3 is 2.62 bits per heavy atom. The number of hydrogen-bond donors (Lipinski definition) is 1. The van der Waals surface area contributed by atoms with E-state index < -0.39 is 8.80 Å². The van der Waals surface area contributed by atoms with E-state index in [1.165, 1.54) is 0 Å². The summed E-state index contributed by atoms with van der Waals surface area (Å²) < 4.78 is 17.0. The molecule has 0 N–H and O–H groups in total. The molecule has 0 unspecified atom stereocenters. The maximum Gasteiger partial charge on any atom is 0.500 e. The summed E-state index contributed by atoms with van der Waals surface area (Å²) in [6.07, 6.45) is 2.00. The molecular formula is C8H18O3SSi. The molecule has 0 amide bonds. The van der Waals surface area contributed by atoms with Crippen LogP contribution in [0.4, 0.5) is 0 Å². The van der Waals surface area contributed by atoms with Gasteiger partial charge in [0.05, 0.1) is 0 Å². The molecule has 0 aromatic carbocycles. The largest absolute Gasteiger partial charge is 0.500 e. The molecule has 1 aliphatic heterocycles. The van der Waals surface area contributed by atoms with Crippen LogP contribution in [0.3, 0.4) is 0 Å². The van der Waals surface area contributed by atoms with Crippen LogP contribution in [0.5, 0.6) is 0 Å². The molecule has 0 aromatic heterocycles. The van der Waals surface area contributed by atoms with Crippen molar-refractivity contribution >= 4 is 21.4 Å². The van der Waals surface area contributed by atoms with Crippen LogP contribution in [-0.4, -0.2) is 34.4 Å². The van der Waals surface area contributed by atoms with Gasteiger partial charge in [0, 0.05) is 25.9 Å². The van der Waals surface area contributed by atoms with Crippen LogP contribution >= 0.6 is 12.6 Å². The fourth-order valence-corrected chi connectivity index (χ4v) is 4.47. The summed E-state index contributed by atoms with van der Waals surface area (Å²) in [5, 5.41) is 0. The minimum Gasteiger partial charge on any atom is -0.374 e. The first-order chi connectivity index (χ1) is 6.33. The highest BCUT2D eigenvalue weighted by atomic mass is 32.1. The van der Waals surface area contributed by atoms with E-state index in [4.69, 9.17) is 13.3 Å².